The summed E-state index contributed by atoms with van der Waals surface area (Å²) in [6.07, 6.45) is 7.98. The molecule has 0 aromatic heterocycles. The normalized spacial score (nSPS) is 32.8. The van der Waals surface area contributed by atoms with Gasteiger partial charge in [-0.15, -0.1) is 0 Å². The molecular formula is C12H21F2N. The van der Waals surface area contributed by atoms with E-state index in [9.17, 15) is 8.78 Å². The first-order valence-electron chi connectivity index (χ1n) is 6.30. The fraction of sp³-hybridized carbons (Fsp3) is 1.00. The van der Waals surface area contributed by atoms with E-state index in [0.717, 1.165) is 6.42 Å². The molecule has 1 N–H and O–H groups in total. The first-order chi connectivity index (χ1) is 7.16. The van der Waals surface area contributed by atoms with Gasteiger partial charge in [0.25, 0.3) is 0 Å². The Labute approximate surface area is 90.6 Å². The third-order valence-electron chi connectivity index (χ3n) is 3.72. The van der Waals surface area contributed by atoms with E-state index in [0.29, 0.717) is 12.5 Å². The van der Waals surface area contributed by atoms with Crippen LogP contribution in [0.1, 0.15) is 57.8 Å². The maximum atomic E-state index is 13.2. The number of rotatable bonds is 2. The van der Waals surface area contributed by atoms with Gasteiger partial charge in [0.2, 0.25) is 5.92 Å². The molecule has 1 atom stereocenters. The first kappa shape index (κ1) is 11.3. The largest absolute Gasteiger partial charge is 0.311 e. The standard InChI is InChI=1S/C12H21F2N/c13-12(14)8-4-7-11(9-12)15-10-5-2-1-3-6-10/h10-11,15H,1-9H2. The fourth-order valence-corrected chi connectivity index (χ4v) is 2.92. The molecule has 0 spiro atoms. The minimum absolute atomic E-state index is 0.0590. The van der Waals surface area contributed by atoms with Crippen LogP contribution in [0.4, 0.5) is 8.78 Å². The lowest BCUT2D eigenvalue weighted by molar-refractivity contribution is -0.0457. The Bertz CT molecular complexity index is 200. The van der Waals surface area contributed by atoms with Crippen molar-refractivity contribution in [3.63, 3.8) is 0 Å². The average Bonchev–Trinajstić information content (AvgIpc) is 2.17. The molecular weight excluding hydrogens is 196 g/mol. The molecule has 2 fully saturated rings. The second-order valence-electron chi connectivity index (χ2n) is 5.15. The van der Waals surface area contributed by atoms with Crippen molar-refractivity contribution in [3.8, 4) is 0 Å². The quantitative estimate of drug-likeness (QED) is 0.746. The van der Waals surface area contributed by atoms with Gasteiger partial charge in [0, 0.05) is 24.9 Å². The average molecular weight is 217 g/mol. The van der Waals surface area contributed by atoms with E-state index >= 15 is 0 Å². The highest BCUT2D eigenvalue weighted by Gasteiger charge is 2.36. The van der Waals surface area contributed by atoms with Crippen LogP contribution < -0.4 is 5.32 Å². The van der Waals surface area contributed by atoms with E-state index in [1.54, 1.807) is 0 Å². The zero-order valence-electron chi connectivity index (χ0n) is 9.27. The van der Waals surface area contributed by atoms with Gasteiger partial charge in [0.1, 0.15) is 0 Å². The Morgan fingerprint density at radius 1 is 0.867 bits per heavy atom. The van der Waals surface area contributed by atoms with Crippen molar-refractivity contribution in [2.45, 2.75) is 75.8 Å². The first-order valence-corrected chi connectivity index (χ1v) is 6.30. The Hall–Kier alpha value is -0.180. The molecule has 3 heteroatoms. The van der Waals surface area contributed by atoms with Gasteiger partial charge in [-0.25, -0.2) is 8.78 Å². The molecule has 0 aromatic carbocycles. The molecule has 2 aliphatic carbocycles. The summed E-state index contributed by atoms with van der Waals surface area (Å²) in [5, 5.41) is 3.43. The number of halogens is 2. The van der Waals surface area contributed by atoms with Gasteiger partial charge in [-0.2, -0.15) is 0 Å². The number of nitrogens with one attached hydrogen (secondary N) is 1. The molecule has 1 unspecified atom stereocenters. The zero-order valence-corrected chi connectivity index (χ0v) is 9.27. The van der Waals surface area contributed by atoms with Gasteiger partial charge in [-0.3, -0.25) is 0 Å². The Balaban J connectivity index is 1.78. The van der Waals surface area contributed by atoms with Crippen LogP contribution >= 0.6 is 0 Å². The van der Waals surface area contributed by atoms with Crippen molar-refractivity contribution >= 4 is 0 Å². The Morgan fingerprint density at radius 3 is 2.20 bits per heavy atom. The maximum Gasteiger partial charge on any atom is 0.249 e. The van der Waals surface area contributed by atoms with Crippen LogP contribution in [0.3, 0.4) is 0 Å². The number of alkyl halides is 2. The van der Waals surface area contributed by atoms with E-state index in [2.05, 4.69) is 5.32 Å². The lowest BCUT2D eigenvalue weighted by Gasteiger charge is -2.34. The van der Waals surface area contributed by atoms with Crippen molar-refractivity contribution in [1.29, 1.82) is 0 Å². The summed E-state index contributed by atoms with van der Waals surface area (Å²) < 4.78 is 26.3. The SMILES string of the molecule is FC1(F)CCCC(NC2CCCCC2)C1. The van der Waals surface area contributed by atoms with Crippen molar-refractivity contribution in [3.05, 3.63) is 0 Å². The second-order valence-corrected chi connectivity index (χ2v) is 5.15. The van der Waals surface area contributed by atoms with Crippen molar-refractivity contribution in [2.75, 3.05) is 0 Å². The van der Waals surface area contributed by atoms with E-state index in [-0.39, 0.29) is 18.9 Å². The summed E-state index contributed by atoms with van der Waals surface area (Å²) in [6, 6.07) is 0.578. The molecule has 0 aliphatic heterocycles. The van der Waals surface area contributed by atoms with Crippen molar-refractivity contribution in [1.82, 2.24) is 5.32 Å². The molecule has 0 amide bonds. The predicted molar refractivity (Wildman–Crippen MR) is 57.2 cm³/mol. The Morgan fingerprint density at radius 2 is 1.53 bits per heavy atom. The maximum absolute atomic E-state index is 13.2. The third kappa shape index (κ3) is 3.40. The van der Waals surface area contributed by atoms with Gasteiger partial charge in [0.15, 0.2) is 0 Å². The summed E-state index contributed by atoms with van der Waals surface area (Å²) in [4.78, 5) is 0. The summed E-state index contributed by atoms with van der Waals surface area (Å²) in [5.74, 6) is -2.41. The minimum atomic E-state index is -2.41. The molecule has 0 radical (unpaired) electrons. The van der Waals surface area contributed by atoms with Crippen LogP contribution in [0.25, 0.3) is 0 Å². The van der Waals surface area contributed by atoms with Crippen molar-refractivity contribution < 1.29 is 8.78 Å². The molecule has 1 nitrogen and oxygen atoms in total. The third-order valence-corrected chi connectivity index (χ3v) is 3.72. The highest BCUT2D eigenvalue weighted by molar-refractivity contribution is 4.85. The van der Waals surface area contributed by atoms with Gasteiger partial charge < -0.3 is 5.32 Å². The molecule has 2 rings (SSSR count). The van der Waals surface area contributed by atoms with E-state index in [1.165, 1.54) is 32.1 Å². The lowest BCUT2D eigenvalue weighted by Crippen LogP contribution is -2.44. The van der Waals surface area contributed by atoms with Crippen LogP contribution in [0.15, 0.2) is 0 Å². The molecule has 2 saturated carbocycles. The highest BCUT2D eigenvalue weighted by Crippen LogP contribution is 2.33. The van der Waals surface area contributed by atoms with Gasteiger partial charge in [-0.05, 0) is 25.7 Å². The number of hydrogen-bond donors (Lipinski definition) is 1. The van der Waals surface area contributed by atoms with Crippen LogP contribution in [0.2, 0.25) is 0 Å². The molecule has 15 heavy (non-hydrogen) atoms. The molecule has 2 aliphatic rings. The van der Waals surface area contributed by atoms with Gasteiger partial charge >= 0.3 is 0 Å². The predicted octanol–water partition coefficient (Wildman–Crippen LogP) is 3.49. The summed E-state index contributed by atoms with van der Waals surface area (Å²) in [6.45, 7) is 0. The summed E-state index contributed by atoms with van der Waals surface area (Å²) in [7, 11) is 0. The van der Waals surface area contributed by atoms with Gasteiger partial charge in [0.05, 0.1) is 0 Å². The molecule has 0 aromatic rings. The fourth-order valence-electron chi connectivity index (χ4n) is 2.92. The van der Waals surface area contributed by atoms with Gasteiger partial charge in [-0.1, -0.05) is 19.3 Å². The monoisotopic (exact) mass is 217 g/mol. The van der Waals surface area contributed by atoms with Crippen LogP contribution in [0, 0.1) is 0 Å². The molecule has 0 heterocycles. The number of hydrogen-bond acceptors (Lipinski definition) is 1. The van der Waals surface area contributed by atoms with Crippen molar-refractivity contribution in [2.24, 2.45) is 0 Å². The van der Waals surface area contributed by atoms with E-state index in [4.69, 9.17) is 0 Å². The lowest BCUT2D eigenvalue weighted by atomic mass is 9.89. The Kier molecular flexibility index (Phi) is 3.60. The second kappa shape index (κ2) is 4.77. The zero-order chi connectivity index (χ0) is 10.7. The molecule has 88 valence electrons. The van der Waals surface area contributed by atoms with Crippen LogP contribution in [-0.2, 0) is 0 Å². The molecule has 0 bridgehead atoms. The summed E-state index contributed by atoms with van der Waals surface area (Å²) in [5.41, 5.74) is 0. The minimum Gasteiger partial charge on any atom is -0.311 e. The summed E-state index contributed by atoms with van der Waals surface area (Å²) >= 11 is 0. The van der Waals surface area contributed by atoms with E-state index in [1.807, 2.05) is 0 Å². The van der Waals surface area contributed by atoms with E-state index < -0.39 is 5.92 Å². The van der Waals surface area contributed by atoms with Crippen LogP contribution in [0.5, 0.6) is 0 Å². The molecule has 0 saturated heterocycles. The highest BCUT2D eigenvalue weighted by atomic mass is 19.3. The van der Waals surface area contributed by atoms with Crippen LogP contribution in [-0.4, -0.2) is 18.0 Å². The smallest absolute Gasteiger partial charge is 0.249 e. The topological polar surface area (TPSA) is 12.0 Å².